The van der Waals surface area contributed by atoms with E-state index in [9.17, 15) is 13.2 Å². The Morgan fingerprint density at radius 1 is 1.03 bits per heavy atom. The molecule has 3 aromatic rings. The lowest BCUT2D eigenvalue weighted by Gasteiger charge is -2.34. The zero-order valence-electron chi connectivity index (χ0n) is 17.1. The van der Waals surface area contributed by atoms with Crippen molar-refractivity contribution in [1.82, 2.24) is 14.2 Å². The van der Waals surface area contributed by atoms with E-state index in [1.807, 2.05) is 31.2 Å². The van der Waals surface area contributed by atoms with Crippen molar-refractivity contribution in [2.24, 2.45) is 0 Å². The molecule has 1 amide bonds. The summed E-state index contributed by atoms with van der Waals surface area (Å²) >= 11 is 0. The highest BCUT2D eigenvalue weighted by Crippen LogP contribution is 2.24. The van der Waals surface area contributed by atoms with Gasteiger partial charge in [-0.25, -0.2) is 8.42 Å². The molecule has 0 radical (unpaired) electrons. The van der Waals surface area contributed by atoms with E-state index < -0.39 is 10.0 Å². The van der Waals surface area contributed by atoms with Gasteiger partial charge >= 0.3 is 0 Å². The lowest BCUT2D eigenvalue weighted by Crippen LogP contribution is -2.50. The third kappa shape index (κ3) is 3.80. The second kappa shape index (κ2) is 8.12. The molecule has 2 aromatic carbocycles. The average molecular weight is 428 g/mol. The summed E-state index contributed by atoms with van der Waals surface area (Å²) in [7, 11) is -2.05. The van der Waals surface area contributed by atoms with E-state index in [1.165, 1.54) is 11.4 Å². The van der Waals surface area contributed by atoms with E-state index in [4.69, 9.17) is 4.74 Å². The molecular weight excluding hydrogens is 402 g/mol. The molecule has 30 heavy (non-hydrogen) atoms. The molecule has 1 fully saturated rings. The van der Waals surface area contributed by atoms with Gasteiger partial charge in [0.05, 0.1) is 18.4 Å². The third-order valence-electron chi connectivity index (χ3n) is 5.64. The van der Waals surface area contributed by atoms with Crippen LogP contribution in [0.25, 0.3) is 10.9 Å². The molecule has 0 unspecified atom stereocenters. The van der Waals surface area contributed by atoms with Crippen LogP contribution in [-0.2, 0) is 21.2 Å². The van der Waals surface area contributed by atoms with Crippen LogP contribution in [0.15, 0.2) is 53.4 Å². The monoisotopic (exact) mass is 427 g/mol. The van der Waals surface area contributed by atoms with Crippen LogP contribution in [0.4, 0.5) is 0 Å². The standard InChI is InChI=1S/C22H25N3O4S/c1-16-20(19-5-3-4-6-21(19)23-16)15-22(26)24-11-13-25(14-12-24)30(27,28)18-9-7-17(29-2)8-10-18/h3-10,23H,11-15H2,1-2H3. The van der Waals surface area contributed by atoms with E-state index >= 15 is 0 Å². The molecule has 0 bridgehead atoms. The predicted octanol–water partition coefficient (Wildman–Crippen LogP) is 2.56. The smallest absolute Gasteiger partial charge is 0.243 e. The van der Waals surface area contributed by atoms with Gasteiger partial charge in [0.1, 0.15) is 5.75 Å². The zero-order valence-corrected chi connectivity index (χ0v) is 17.9. The van der Waals surface area contributed by atoms with E-state index in [2.05, 4.69) is 4.98 Å². The van der Waals surface area contributed by atoms with Crippen molar-refractivity contribution in [3.8, 4) is 5.75 Å². The van der Waals surface area contributed by atoms with E-state index in [0.29, 0.717) is 25.3 Å². The minimum atomic E-state index is -3.59. The van der Waals surface area contributed by atoms with Crippen LogP contribution < -0.4 is 4.74 Å². The fourth-order valence-electron chi connectivity index (χ4n) is 3.90. The second-order valence-electron chi connectivity index (χ2n) is 7.41. The van der Waals surface area contributed by atoms with Gasteiger partial charge in [0.25, 0.3) is 0 Å². The zero-order chi connectivity index (χ0) is 21.3. The van der Waals surface area contributed by atoms with Crippen LogP contribution in [-0.4, -0.2) is 61.8 Å². The molecule has 1 aromatic heterocycles. The number of carbonyl (C=O) groups excluding carboxylic acids is 1. The van der Waals surface area contributed by atoms with Gasteiger partial charge in [0.15, 0.2) is 0 Å². The third-order valence-corrected chi connectivity index (χ3v) is 7.56. The molecule has 4 rings (SSSR count). The Kier molecular flexibility index (Phi) is 5.53. The summed E-state index contributed by atoms with van der Waals surface area (Å²) in [6.07, 6.45) is 0.307. The summed E-state index contributed by atoms with van der Waals surface area (Å²) in [6.45, 7) is 3.31. The number of aromatic nitrogens is 1. The number of hydrogen-bond acceptors (Lipinski definition) is 4. The number of amides is 1. The van der Waals surface area contributed by atoms with Crippen molar-refractivity contribution in [3.63, 3.8) is 0 Å². The number of aromatic amines is 1. The number of nitrogens with one attached hydrogen (secondary N) is 1. The summed E-state index contributed by atoms with van der Waals surface area (Å²) in [5.41, 5.74) is 3.02. The van der Waals surface area contributed by atoms with Crippen molar-refractivity contribution in [2.45, 2.75) is 18.2 Å². The van der Waals surface area contributed by atoms with Crippen molar-refractivity contribution in [1.29, 1.82) is 0 Å². The number of hydrogen-bond donors (Lipinski definition) is 1. The number of aryl methyl sites for hydroxylation is 1. The van der Waals surface area contributed by atoms with E-state index in [-0.39, 0.29) is 23.9 Å². The Balaban J connectivity index is 1.42. The summed E-state index contributed by atoms with van der Waals surface area (Å²) in [4.78, 5) is 18.2. The Bertz CT molecular complexity index is 1160. The number of H-pyrrole nitrogens is 1. The van der Waals surface area contributed by atoms with Gasteiger partial charge in [-0.3, -0.25) is 4.79 Å². The number of piperazine rings is 1. The quantitative estimate of drug-likeness (QED) is 0.678. The normalized spacial score (nSPS) is 15.5. The Morgan fingerprint density at radius 2 is 1.70 bits per heavy atom. The highest BCUT2D eigenvalue weighted by molar-refractivity contribution is 7.89. The summed E-state index contributed by atoms with van der Waals surface area (Å²) in [5, 5.41) is 1.06. The summed E-state index contributed by atoms with van der Waals surface area (Å²) in [5.74, 6) is 0.626. The van der Waals surface area contributed by atoms with Gasteiger partial charge in [-0.15, -0.1) is 0 Å². The van der Waals surface area contributed by atoms with Crippen LogP contribution >= 0.6 is 0 Å². The van der Waals surface area contributed by atoms with Gasteiger partial charge in [-0.2, -0.15) is 4.31 Å². The van der Waals surface area contributed by atoms with E-state index in [0.717, 1.165) is 22.2 Å². The number of benzene rings is 2. The molecular formula is C22H25N3O4S. The SMILES string of the molecule is COc1ccc(S(=O)(=O)N2CCN(C(=O)Cc3c(C)[nH]c4ccccc34)CC2)cc1. The first-order chi connectivity index (χ1) is 14.4. The average Bonchev–Trinajstić information content (AvgIpc) is 3.09. The molecule has 1 N–H and O–H groups in total. The lowest BCUT2D eigenvalue weighted by molar-refractivity contribution is -0.131. The number of ether oxygens (including phenoxy) is 1. The van der Waals surface area contributed by atoms with Gasteiger partial charge in [-0.1, -0.05) is 18.2 Å². The lowest BCUT2D eigenvalue weighted by atomic mass is 10.1. The number of fused-ring (bicyclic) bond motifs is 1. The predicted molar refractivity (Wildman–Crippen MR) is 115 cm³/mol. The van der Waals surface area contributed by atoms with Gasteiger partial charge < -0.3 is 14.6 Å². The maximum Gasteiger partial charge on any atom is 0.243 e. The Morgan fingerprint density at radius 3 is 2.37 bits per heavy atom. The summed E-state index contributed by atoms with van der Waals surface area (Å²) in [6, 6.07) is 14.3. The fraction of sp³-hybridized carbons (Fsp3) is 0.318. The molecule has 0 saturated carbocycles. The molecule has 8 heteroatoms. The van der Waals surface area contributed by atoms with Crippen LogP contribution in [0.1, 0.15) is 11.3 Å². The molecule has 158 valence electrons. The molecule has 1 saturated heterocycles. The van der Waals surface area contributed by atoms with Crippen molar-refractivity contribution in [3.05, 3.63) is 59.8 Å². The number of methoxy groups -OCH3 is 1. The van der Waals surface area contributed by atoms with Crippen LogP contribution in [0, 0.1) is 6.92 Å². The second-order valence-corrected chi connectivity index (χ2v) is 9.35. The highest BCUT2D eigenvalue weighted by atomic mass is 32.2. The van der Waals surface area contributed by atoms with Crippen molar-refractivity contribution in [2.75, 3.05) is 33.3 Å². The minimum absolute atomic E-state index is 0.0179. The minimum Gasteiger partial charge on any atom is -0.497 e. The number of rotatable bonds is 5. The highest BCUT2D eigenvalue weighted by Gasteiger charge is 2.30. The molecule has 0 spiro atoms. The first-order valence-electron chi connectivity index (χ1n) is 9.88. The Labute approximate surface area is 176 Å². The topological polar surface area (TPSA) is 82.7 Å². The largest absolute Gasteiger partial charge is 0.497 e. The molecule has 0 atom stereocenters. The van der Waals surface area contributed by atoms with Gasteiger partial charge in [0, 0.05) is 42.8 Å². The molecule has 7 nitrogen and oxygen atoms in total. The molecule has 0 aliphatic carbocycles. The molecule has 1 aliphatic rings. The molecule has 2 heterocycles. The fourth-order valence-corrected chi connectivity index (χ4v) is 5.32. The van der Waals surface area contributed by atoms with Gasteiger partial charge in [-0.05, 0) is 42.8 Å². The first-order valence-corrected chi connectivity index (χ1v) is 11.3. The van der Waals surface area contributed by atoms with Crippen LogP contribution in [0.5, 0.6) is 5.75 Å². The van der Waals surface area contributed by atoms with E-state index in [1.54, 1.807) is 29.2 Å². The maximum absolute atomic E-state index is 12.9. The number of carbonyl (C=O) groups is 1. The number of para-hydroxylation sites is 1. The first kappa shape index (κ1) is 20.4. The van der Waals surface area contributed by atoms with Gasteiger partial charge in [0.2, 0.25) is 15.9 Å². The Hall–Kier alpha value is -2.84. The van der Waals surface area contributed by atoms with Crippen molar-refractivity contribution < 1.29 is 17.9 Å². The summed E-state index contributed by atoms with van der Waals surface area (Å²) < 4.78 is 32.3. The maximum atomic E-state index is 12.9. The number of nitrogens with zero attached hydrogens (tertiary/aromatic N) is 2. The van der Waals surface area contributed by atoms with Crippen molar-refractivity contribution >= 4 is 26.8 Å². The van der Waals surface area contributed by atoms with Crippen LogP contribution in [0.3, 0.4) is 0 Å². The number of sulfonamides is 1. The van der Waals surface area contributed by atoms with Crippen LogP contribution in [0.2, 0.25) is 0 Å². The molecule has 1 aliphatic heterocycles.